The molecule has 1 fully saturated rings. The van der Waals surface area contributed by atoms with E-state index in [9.17, 15) is 4.79 Å². The van der Waals surface area contributed by atoms with Crippen molar-refractivity contribution in [2.45, 2.75) is 44.7 Å². The number of primary amides is 1. The number of para-hydroxylation sites is 1. The number of carbonyl (C=O) groups is 1. The number of aliphatic imine (C=N–C) groups is 1. The SMILES string of the molecule is CC(C(N)=O)C1CSC(c2cc3cccc(NC4CCCC4)c3[nH]2)=N1. The van der Waals surface area contributed by atoms with Crippen molar-refractivity contribution in [2.24, 2.45) is 16.6 Å². The summed E-state index contributed by atoms with van der Waals surface area (Å²) in [6, 6.07) is 9.06. The smallest absolute Gasteiger partial charge is 0.222 e. The molecular formula is C19H24N4OS. The molecule has 5 nitrogen and oxygen atoms in total. The minimum absolute atomic E-state index is 0.0278. The van der Waals surface area contributed by atoms with Crippen LogP contribution in [0.15, 0.2) is 29.3 Å². The molecule has 2 aromatic rings. The van der Waals surface area contributed by atoms with E-state index in [4.69, 9.17) is 10.7 Å². The summed E-state index contributed by atoms with van der Waals surface area (Å²) in [5, 5.41) is 5.85. The highest BCUT2D eigenvalue weighted by atomic mass is 32.2. The highest BCUT2D eigenvalue weighted by molar-refractivity contribution is 8.14. The number of nitrogens with zero attached hydrogens (tertiary/aromatic N) is 1. The zero-order valence-electron chi connectivity index (χ0n) is 14.4. The number of nitrogens with one attached hydrogen (secondary N) is 2. The van der Waals surface area contributed by atoms with Gasteiger partial charge in [0.05, 0.1) is 28.9 Å². The minimum Gasteiger partial charge on any atom is -0.381 e. The lowest BCUT2D eigenvalue weighted by molar-refractivity contribution is -0.121. The molecule has 4 rings (SSSR count). The van der Waals surface area contributed by atoms with Gasteiger partial charge in [0.15, 0.2) is 0 Å². The van der Waals surface area contributed by atoms with E-state index in [0.717, 1.165) is 22.0 Å². The summed E-state index contributed by atoms with van der Waals surface area (Å²) in [6.07, 6.45) is 5.13. The maximum Gasteiger partial charge on any atom is 0.222 e. The van der Waals surface area contributed by atoms with Gasteiger partial charge >= 0.3 is 0 Å². The Balaban J connectivity index is 1.61. The standard InChI is InChI=1S/C19H24N4OS/c1-11(18(20)24)16-10-25-19(23-16)15-9-12-5-4-8-14(17(12)22-15)21-13-6-2-3-7-13/h4-5,8-9,11,13,16,21-22H,2-3,6-7,10H2,1H3,(H2,20,24). The monoisotopic (exact) mass is 356 g/mol. The van der Waals surface area contributed by atoms with Gasteiger partial charge in [-0.25, -0.2) is 0 Å². The summed E-state index contributed by atoms with van der Waals surface area (Å²) in [4.78, 5) is 19.7. The van der Waals surface area contributed by atoms with Gasteiger partial charge in [0.25, 0.3) is 0 Å². The first-order valence-corrected chi connectivity index (χ1v) is 9.99. The third kappa shape index (κ3) is 3.27. The molecule has 0 spiro atoms. The van der Waals surface area contributed by atoms with Crippen LogP contribution in [0, 0.1) is 5.92 Å². The molecule has 2 atom stereocenters. The lowest BCUT2D eigenvalue weighted by atomic mass is 10.0. The van der Waals surface area contributed by atoms with E-state index in [0.29, 0.717) is 6.04 Å². The average molecular weight is 356 g/mol. The number of thioether (sulfide) groups is 1. The van der Waals surface area contributed by atoms with E-state index in [1.54, 1.807) is 11.8 Å². The molecule has 2 heterocycles. The molecule has 1 aliphatic carbocycles. The van der Waals surface area contributed by atoms with E-state index in [1.807, 2.05) is 6.92 Å². The molecule has 1 aromatic heterocycles. The molecule has 4 N–H and O–H groups in total. The molecule has 0 radical (unpaired) electrons. The number of aromatic nitrogens is 1. The van der Waals surface area contributed by atoms with Gasteiger partial charge in [0, 0.05) is 17.2 Å². The molecule has 2 aliphatic rings. The number of rotatable bonds is 5. The van der Waals surface area contributed by atoms with E-state index >= 15 is 0 Å². The summed E-state index contributed by atoms with van der Waals surface area (Å²) in [5.74, 6) is 0.298. The summed E-state index contributed by atoms with van der Waals surface area (Å²) in [6.45, 7) is 1.86. The van der Waals surface area contributed by atoms with Crippen molar-refractivity contribution in [3.05, 3.63) is 30.0 Å². The van der Waals surface area contributed by atoms with E-state index in [1.165, 1.54) is 36.8 Å². The first kappa shape index (κ1) is 16.5. The quantitative estimate of drug-likeness (QED) is 0.766. The van der Waals surface area contributed by atoms with Crippen LogP contribution in [0.25, 0.3) is 10.9 Å². The second-order valence-electron chi connectivity index (χ2n) is 7.08. The fraction of sp³-hybridized carbons (Fsp3) is 0.474. The van der Waals surface area contributed by atoms with Gasteiger partial charge in [-0.15, -0.1) is 11.8 Å². The molecule has 25 heavy (non-hydrogen) atoms. The maximum absolute atomic E-state index is 11.4. The van der Waals surface area contributed by atoms with Gasteiger partial charge in [0.2, 0.25) is 5.91 Å². The number of nitrogens with two attached hydrogens (primary N) is 1. The number of carbonyl (C=O) groups excluding carboxylic acids is 1. The molecule has 0 bridgehead atoms. The zero-order valence-corrected chi connectivity index (χ0v) is 15.2. The van der Waals surface area contributed by atoms with Gasteiger partial charge in [-0.2, -0.15) is 0 Å². The Morgan fingerprint density at radius 2 is 2.20 bits per heavy atom. The number of fused-ring (bicyclic) bond motifs is 1. The van der Waals surface area contributed by atoms with Gasteiger partial charge in [0.1, 0.15) is 5.04 Å². The van der Waals surface area contributed by atoms with Crippen LogP contribution in [0.1, 0.15) is 38.3 Å². The van der Waals surface area contributed by atoms with Gasteiger partial charge in [-0.1, -0.05) is 31.9 Å². The number of hydrogen-bond acceptors (Lipinski definition) is 4. The number of H-pyrrole nitrogens is 1. The van der Waals surface area contributed by atoms with Crippen LogP contribution in [-0.4, -0.2) is 33.8 Å². The molecule has 2 unspecified atom stereocenters. The Labute approximate surface area is 151 Å². The molecule has 132 valence electrons. The largest absolute Gasteiger partial charge is 0.381 e. The minimum atomic E-state index is -0.282. The van der Waals surface area contributed by atoms with Gasteiger partial charge in [-0.3, -0.25) is 9.79 Å². The fourth-order valence-corrected chi connectivity index (χ4v) is 4.83. The van der Waals surface area contributed by atoms with E-state index in [-0.39, 0.29) is 17.9 Å². The summed E-state index contributed by atoms with van der Waals surface area (Å²) in [5.41, 5.74) is 8.76. The molecule has 1 aliphatic heterocycles. The van der Waals surface area contributed by atoms with Crippen LogP contribution in [0.5, 0.6) is 0 Å². The van der Waals surface area contributed by atoms with Crippen molar-refractivity contribution in [2.75, 3.05) is 11.1 Å². The third-order valence-electron chi connectivity index (χ3n) is 5.30. The second kappa shape index (κ2) is 6.75. The van der Waals surface area contributed by atoms with Crippen LogP contribution < -0.4 is 11.1 Å². The summed E-state index contributed by atoms with van der Waals surface area (Å²) < 4.78 is 0. The first-order valence-electron chi connectivity index (χ1n) is 9.00. The van der Waals surface area contributed by atoms with Crippen LogP contribution >= 0.6 is 11.8 Å². The Morgan fingerprint density at radius 3 is 2.96 bits per heavy atom. The molecule has 1 aromatic carbocycles. The summed E-state index contributed by atoms with van der Waals surface area (Å²) in [7, 11) is 0. The fourth-order valence-electron chi connectivity index (χ4n) is 3.66. The lowest BCUT2D eigenvalue weighted by Crippen LogP contribution is -2.30. The number of amides is 1. The molecule has 0 saturated heterocycles. The predicted octanol–water partition coefficient (Wildman–Crippen LogP) is 3.51. The number of aromatic amines is 1. The Morgan fingerprint density at radius 1 is 1.40 bits per heavy atom. The second-order valence-corrected chi connectivity index (χ2v) is 8.09. The van der Waals surface area contributed by atoms with Gasteiger partial charge in [-0.05, 0) is 25.0 Å². The lowest BCUT2D eigenvalue weighted by Gasteiger charge is -2.14. The molecule has 1 amide bonds. The van der Waals surface area contributed by atoms with Crippen LogP contribution in [0.2, 0.25) is 0 Å². The van der Waals surface area contributed by atoms with Crippen molar-refractivity contribution in [1.82, 2.24) is 4.98 Å². The van der Waals surface area contributed by atoms with Crippen molar-refractivity contribution < 1.29 is 4.79 Å². The van der Waals surface area contributed by atoms with Crippen LogP contribution in [0.4, 0.5) is 5.69 Å². The van der Waals surface area contributed by atoms with E-state index < -0.39 is 0 Å². The van der Waals surface area contributed by atoms with Crippen molar-refractivity contribution in [1.29, 1.82) is 0 Å². The predicted molar refractivity (Wildman–Crippen MR) is 105 cm³/mol. The molecular weight excluding hydrogens is 332 g/mol. The number of hydrogen-bond donors (Lipinski definition) is 3. The molecule has 1 saturated carbocycles. The normalized spacial score (nSPS) is 22.3. The third-order valence-corrected chi connectivity index (χ3v) is 6.41. The Kier molecular flexibility index (Phi) is 4.46. The number of anilines is 1. The van der Waals surface area contributed by atoms with Crippen LogP contribution in [0.3, 0.4) is 0 Å². The van der Waals surface area contributed by atoms with Crippen molar-refractivity contribution >= 4 is 39.3 Å². The topological polar surface area (TPSA) is 83.3 Å². The van der Waals surface area contributed by atoms with Crippen LogP contribution in [-0.2, 0) is 4.79 Å². The summed E-state index contributed by atoms with van der Waals surface area (Å²) >= 11 is 1.69. The van der Waals surface area contributed by atoms with Crippen molar-refractivity contribution in [3.63, 3.8) is 0 Å². The van der Waals surface area contributed by atoms with Gasteiger partial charge < -0.3 is 16.0 Å². The molecule has 6 heteroatoms. The average Bonchev–Trinajstić information content (AvgIpc) is 3.34. The number of benzene rings is 1. The zero-order chi connectivity index (χ0) is 17.4. The van der Waals surface area contributed by atoms with Crippen molar-refractivity contribution in [3.8, 4) is 0 Å². The highest BCUT2D eigenvalue weighted by Crippen LogP contribution is 2.32. The Hall–Kier alpha value is -1.95. The van der Waals surface area contributed by atoms with E-state index in [2.05, 4.69) is 34.6 Å². The maximum atomic E-state index is 11.4. The Bertz CT molecular complexity index is 822. The highest BCUT2D eigenvalue weighted by Gasteiger charge is 2.28. The first-order chi connectivity index (χ1) is 12.1.